The van der Waals surface area contributed by atoms with Gasteiger partial charge in [0.2, 0.25) is 5.91 Å². The molecule has 0 saturated carbocycles. The van der Waals surface area contributed by atoms with Crippen LogP contribution in [-0.2, 0) is 14.3 Å². The van der Waals surface area contributed by atoms with Crippen LogP contribution in [0.25, 0.3) is 6.08 Å². The van der Waals surface area contributed by atoms with Crippen molar-refractivity contribution >= 4 is 35.4 Å². The molecule has 6 heteroatoms. The predicted molar refractivity (Wildman–Crippen MR) is 80.9 cm³/mol. The molecule has 0 aliphatic rings. The summed E-state index contributed by atoms with van der Waals surface area (Å²) in [4.78, 5) is 22.1. The molecule has 0 aliphatic heterocycles. The first-order valence-electron chi connectivity index (χ1n) is 5.99. The summed E-state index contributed by atoms with van der Waals surface area (Å²) in [6.45, 7) is 0.618. The number of amides is 1. The van der Waals surface area contributed by atoms with Crippen molar-refractivity contribution in [2.45, 2.75) is 0 Å². The third-order valence-electron chi connectivity index (χ3n) is 2.25. The molecule has 0 heterocycles. The Bertz CT molecular complexity index is 488. The lowest BCUT2D eigenvalue weighted by Gasteiger charge is -2.06. The molecule has 5 nitrogen and oxygen atoms in total. The van der Waals surface area contributed by atoms with Crippen LogP contribution in [0.4, 0.5) is 5.69 Å². The Balaban J connectivity index is 2.49. The summed E-state index contributed by atoms with van der Waals surface area (Å²) < 4.78 is 4.90. The highest BCUT2D eigenvalue weighted by Gasteiger charge is 2.02. The Kier molecular flexibility index (Phi) is 7.46. The van der Waals surface area contributed by atoms with E-state index in [1.165, 1.54) is 17.8 Å². The Morgan fingerprint density at radius 2 is 2.25 bits per heavy atom. The van der Waals surface area contributed by atoms with E-state index in [0.29, 0.717) is 18.0 Å². The summed E-state index contributed by atoms with van der Waals surface area (Å²) in [6.07, 6.45) is 2.53. The summed E-state index contributed by atoms with van der Waals surface area (Å²) in [5.74, 6) is 0.0311. The van der Waals surface area contributed by atoms with Gasteiger partial charge >= 0.3 is 5.97 Å². The second kappa shape index (κ2) is 9.17. The van der Waals surface area contributed by atoms with Gasteiger partial charge in [0, 0.05) is 24.6 Å². The number of aliphatic carboxylic acids is 1. The summed E-state index contributed by atoms with van der Waals surface area (Å²) in [7, 11) is 1.62. The van der Waals surface area contributed by atoms with E-state index in [2.05, 4.69) is 5.32 Å². The molecule has 0 fully saturated rings. The molecular weight excluding hydrogens is 278 g/mol. The van der Waals surface area contributed by atoms with E-state index in [1.54, 1.807) is 31.4 Å². The van der Waals surface area contributed by atoms with Gasteiger partial charge in [-0.05, 0) is 23.8 Å². The summed E-state index contributed by atoms with van der Waals surface area (Å²) in [5.41, 5.74) is 1.37. The normalized spacial score (nSPS) is 10.7. The topological polar surface area (TPSA) is 75.6 Å². The number of anilines is 1. The smallest absolute Gasteiger partial charge is 0.328 e. The highest BCUT2D eigenvalue weighted by molar-refractivity contribution is 7.99. The van der Waals surface area contributed by atoms with Crippen LogP contribution in [-0.4, -0.2) is 42.2 Å². The van der Waals surface area contributed by atoms with E-state index in [1.807, 2.05) is 0 Å². The van der Waals surface area contributed by atoms with E-state index in [0.717, 1.165) is 17.4 Å². The van der Waals surface area contributed by atoms with Crippen LogP contribution in [0.15, 0.2) is 30.3 Å². The largest absolute Gasteiger partial charge is 0.478 e. The second-order valence-electron chi connectivity index (χ2n) is 3.89. The number of hydrogen-bond acceptors (Lipinski definition) is 4. The predicted octanol–water partition coefficient (Wildman–Crippen LogP) is 2.10. The van der Waals surface area contributed by atoms with Crippen molar-refractivity contribution in [1.82, 2.24) is 0 Å². The quantitative estimate of drug-likeness (QED) is 0.567. The van der Waals surface area contributed by atoms with Crippen molar-refractivity contribution in [3.63, 3.8) is 0 Å². The van der Waals surface area contributed by atoms with Crippen molar-refractivity contribution in [2.75, 3.05) is 30.5 Å². The fraction of sp³-hybridized carbons (Fsp3) is 0.286. The number of rotatable bonds is 8. The first kappa shape index (κ1) is 16.3. The van der Waals surface area contributed by atoms with E-state index in [-0.39, 0.29) is 5.91 Å². The van der Waals surface area contributed by atoms with Gasteiger partial charge in [0.1, 0.15) is 0 Å². The third kappa shape index (κ3) is 6.96. The zero-order chi connectivity index (χ0) is 14.8. The Morgan fingerprint density at radius 3 is 2.95 bits per heavy atom. The van der Waals surface area contributed by atoms with Crippen LogP contribution in [0.5, 0.6) is 0 Å². The first-order chi connectivity index (χ1) is 9.61. The molecule has 0 saturated heterocycles. The number of hydrogen-bond donors (Lipinski definition) is 2. The molecule has 108 valence electrons. The lowest BCUT2D eigenvalue weighted by Crippen LogP contribution is -2.14. The highest BCUT2D eigenvalue weighted by Crippen LogP contribution is 2.12. The molecular formula is C14H17NO4S. The Labute approximate surface area is 122 Å². The van der Waals surface area contributed by atoms with E-state index >= 15 is 0 Å². The zero-order valence-corrected chi connectivity index (χ0v) is 12.0. The molecule has 0 atom stereocenters. The van der Waals surface area contributed by atoms with Gasteiger partial charge in [-0.3, -0.25) is 4.79 Å². The summed E-state index contributed by atoms with van der Waals surface area (Å²) in [6, 6.07) is 7.00. The number of ether oxygens (including phenoxy) is 1. The van der Waals surface area contributed by atoms with E-state index in [9.17, 15) is 9.59 Å². The molecule has 2 N–H and O–H groups in total. The molecule has 0 unspecified atom stereocenters. The van der Waals surface area contributed by atoms with Gasteiger partial charge in [0.25, 0.3) is 0 Å². The number of carboxylic acid groups (broad SMARTS) is 1. The van der Waals surface area contributed by atoms with Gasteiger partial charge in [-0.1, -0.05) is 12.1 Å². The molecule has 1 aromatic carbocycles. The molecule has 0 aliphatic carbocycles. The van der Waals surface area contributed by atoms with Crippen molar-refractivity contribution in [3.8, 4) is 0 Å². The number of benzene rings is 1. The highest BCUT2D eigenvalue weighted by atomic mass is 32.2. The molecule has 1 rings (SSSR count). The number of carbonyl (C=O) groups is 2. The van der Waals surface area contributed by atoms with Crippen molar-refractivity contribution in [1.29, 1.82) is 0 Å². The number of carboxylic acids is 1. The van der Waals surface area contributed by atoms with Crippen LogP contribution in [0.1, 0.15) is 5.56 Å². The third-order valence-corrected chi connectivity index (χ3v) is 3.18. The van der Waals surface area contributed by atoms with Crippen LogP contribution < -0.4 is 5.32 Å². The SMILES string of the molecule is COCCSCC(=O)Nc1cccc(/C=C/C(=O)O)c1. The standard InChI is InChI=1S/C14H17NO4S/c1-19-7-8-20-10-13(16)15-12-4-2-3-11(9-12)5-6-14(17)18/h2-6,9H,7-8,10H2,1H3,(H,15,16)(H,17,18)/b6-5+. The van der Waals surface area contributed by atoms with Crippen molar-refractivity contribution in [2.24, 2.45) is 0 Å². The monoisotopic (exact) mass is 295 g/mol. The van der Waals surface area contributed by atoms with E-state index < -0.39 is 5.97 Å². The molecule has 0 radical (unpaired) electrons. The second-order valence-corrected chi connectivity index (χ2v) is 5.00. The lowest BCUT2D eigenvalue weighted by molar-refractivity contribution is -0.131. The zero-order valence-electron chi connectivity index (χ0n) is 11.2. The van der Waals surface area contributed by atoms with Gasteiger partial charge in [-0.2, -0.15) is 0 Å². The number of thioether (sulfide) groups is 1. The maximum atomic E-state index is 11.7. The minimum atomic E-state index is -1.01. The Morgan fingerprint density at radius 1 is 1.45 bits per heavy atom. The van der Waals surface area contributed by atoms with Gasteiger partial charge in [-0.25, -0.2) is 4.79 Å². The first-order valence-corrected chi connectivity index (χ1v) is 7.15. The molecule has 0 spiro atoms. The van der Waals surface area contributed by atoms with Gasteiger partial charge in [0.15, 0.2) is 0 Å². The molecule has 1 amide bonds. The average Bonchev–Trinajstić information content (AvgIpc) is 2.42. The molecule has 0 aromatic heterocycles. The number of carbonyl (C=O) groups excluding carboxylic acids is 1. The maximum absolute atomic E-state index is 11.7. The lowest BCUT2D eigenvalue weighted by atomic mass is 10.2. The van der Waals surface area contributed by atoms with Crippen LogP contribution in [0, 0.1) is 0 Å². The summed E-state index contributed by atoms with van der Waals surface area (Å²) in [5, 5.41) is 11.3. The van der Waals surface area contributed by atoms with Gasteiger partial charge < -0.3 is 15.2 Å². The van der Waals surface area contributed by atoms with Crippen LogP contribution in [0.2, 0.25) is 0 Å². The minimum Gasteiger partial charge on any atom is -0.478 e. The Hall–Kier alpha value is -1.79. The van der Waals surface area contributed by atoms with Crippen molar-refractivity contribution in [3.05, 3.63) is 35.9 Å². The molecule has 20 heavy (non-hydrogen) atoms. The molecule has 1 aromatic rings. The molecule has 0 bridgehead atoms. The average molecular weight is 295 g/mol. The van der Waals surface area contributed by atoms with Crippen LogP contribution >= 0.6 is 11.8 Å². The fourth-order valence-corrected chi connectivity index (χ4v) is 2.08. The van der Waals surface area contributed by atoms with Crippen LogP contribution in [0.3, 0.4) is 0 Å². The van der Waals surface area contributed by atoms with E-state index in [4.69, 9.17) is 9.84 Å². The number of methoxy groups -OCH3 is 1. The fourth-order valence-electron chi connectivity index (χ4n) is 1.39. The van der Waals surface area contributed by atoms with Gasteiger partial charge in [0.05, 0.1) is 12.4 Å². The number of nitrogens with one attached hydrogen (secondary N) is 1. The minimum absolute atomic E-state index is 0.0922. The maximum Gasteiger partial charge on any atom is 0.328 e. The van der Waals surface area contributed by atoms with Crippen molar-refractivity contribution < 1.29 is 19.4 Å². The summed E-state index contributed by atoms with van der Waals surface area (Å²) >= 11 is 1.49. The van der Waals surface area contributed by atoms with Gasteiger partial charge in [-0.15, -0.1) is 11.8 Å².